The molecule has 106 valence electrons. The zero-order valence-corrected chi connectivity index (χ0v) is 14.1. The SMILES string of the molecule is CNC(c1cncc(OC(C)C)c1)c1ccccc1I. The molecule has 0 saturated carbocycles. The summed E-state index contributed by atoms with van der Waals surface area (Å²) >= 11 is 2.36. The van der Waals surface area contributed by atoms with E-state index in [9.17, 15) is 0 Å². The number of hydrogen-bond donors (Lipinski definition) is 1. The van der Waals surface area contributed by atoms with Crippen LogP contribution in [-0.2, 0) is 0 Å². The molecule has 1 heterocycles. The van der Waals surface area contributed by atoms with Gasteiger partial charge in [0.25, 0.3) is 0 Å². The monoisotopic (exact) mass is 382 g/mol. The maximum Gasteiger partial charge on any atom is 0.138 e. The normalized spacial score (nSPS) is 12.4. The highest BCUT2D eigenvalue weighted by atomic mass is 127. The van der Waals surface area contributed by atoms with E-state index >= 15 is 0 Å². The van der Waals surface area contributed by atoms with Crippen LogP contribution in [-0.4, -0.2) is 18.1 Å². The molecule has 0 radical (unpaired) electrons. The molecule has 0 fully saturated rings. The number of aromatic nitrogens is 1. The molecule has 1 atom stereocenters. The highest BCUT2D eigenvalue weighted by molar-refractivity contribution is 14.1. The quantitative estimate of drug-likeness (QED) is 0.800. The number of hydrogen-bond acceptors (Lipinski definition) is 3. The Morgan fingerprint density at radius 3 is 2.60 bits per heavy atom. The molecule has 20 heavy (non-hydrogen) atoms. The van der Waals surface area contributed by atoms with Crippen molar-refractivity contribution in [3.8, 4) is 5.75 Å². The number of ether oxygens (including phenoxy) is 1. The minimum atomic E-state index is 0.117. The van der Waals surface area contributed by atoms with Crippen molar-refractivity contribution in [3.05, 3.63) is 57.4 Å². The van der Waals surface area contributed by atoms with E-state index in [4.69, 9.17) is 4.74 Å². The van der Waals surface area contributed by atoms with Gasteiger partial charge < -0.3 is 10.1 Å². The number of pyridine rings is 1. The Kier molecular flexibility index (Phi) is 5.37. The predicted molar refractivity (Wildman–Crippen MR) is 90.1 cm³/mol. The summed E-state index contributed by atoms with van der Waals surface area (Å²) in [4.78, 5) is 4.29. The summed E-state index contributed by atoms with van der Waals surface area (Å²) in [5.74, 6) is 0.809. The molecule has 3 nitrogen and oxygen atoms in total. The Hall–Kier alpha value is -1.14. The molecular weight excluding hydrogens is 363 g/mol. The van der Waals surface area contributed by atoms with Crippen LogP contribution in [0.2, 0.25) is 0 Å². The molecule has 0 amide bonds. The molecule has 0 bridgehead atoms. The smallest absolute Gasteiger partial charge is 0.138 e. The molecule has 1 unspecified atom stereocenters. The molecular formula is C16H19IN2O. The first-order valence-electron chi connectivity index (χ1n) is 6.65. The number of nitrogens with zero attached hydrogens (tertiary/aromatic N) is 1. The molecule has 1 N–H and O–H groups in total. The second-order valence-electron chi connectivity index (χ2n) is 4.86. The van der Waals surface area contributed by atoms with Gasteiger partial charge in [-0.15, -0.1) is 0 Å². The van der Waals surface area contributed by atoms with Gasteiger partial charge in [-0.2, -0.15) is 0 Å². The molecule has 1 aromatic heterocycles. The highest BCUT2D eigenvalue weighted by Gasteiger charge is 2.15. The van der Waals surface area contributed by atoms with Crippen LogP contribution >= 0.6 is 22.6 Å². The summed E-state index contributed by atoms with van der Waals surface area (Å²) in [6.45, 7) is 4.03. The second kappa shape index (κ2) is 7.04. The molecule has 2 aromatic rings. The Morgan fingerprint density at radius 1 is 1.20 bits per heavy atom. The lowest BCUT2D eigenvalue weighted by Gasteiger charge is -2.19. The summed E-state index contributed by atoms with van der Waals surface area (Å²) in [7, 11) is 1.96. The van der Waals surface area contributed by atoms with Crippen LogP contribution in [0.25, 0.3) is 0 Å². The summed E-state index contributed by atoms with van der Waals surface area (Å²) in [5.41, 5.74) is 2.36. The molecule has 0 saturated heterocycles. The third kappa shape index (κ3) is 3.70. The van der Waals surface area contributed by atoms with Crippen LogP contribution in [0.1, 0.15) is 31.0 Å². The zero-order chi connectivity index (χ0) is 14.5. The number of halogens is 1. The van der Waals surface area contributed by atoms with E-state index in [0.717, 1.165) is 11.3 Å². The fraction of sp³-hybridized carbons (Fsp3) is 0.312. The first kappa shape index (κ1) is 15.3. The van der Waals surface area contributed by atoms with E-state index in [1.54, 1.807) is 6.20 Å². The Balaban J connectivity index is 2.35. The van der Waals surface area contributed by atoms with Gasteiger partial charge in [-0.25, -0.2) is 0 Å². The predicted octanol–water partition coefficient (Wildman–Crippen LogP) is 3.78. The van der Waals surface area contributed by atoms with Gasteiger partial charge in [-0.1, -0.05) is 18.2 Å². The minimum Gasteiger partial charge on any atom is -0.489 e. The number of benzene rings is 1. The first-order chi connectivity index (χ1) is 9.61. The topological polar surface area (TPSA) is 34.2 Å². The van der Waals surface area contributed by atoms with Crippen LogP contribution in [0.15, 0.2) is 42.7 Å². The van der Waals surface area contributed by atoms with Gasteiger partial charge >= 0.3 is 0 Å². The van der Waals surface area contributed by atoms with Crippen molar-refractivity contribution in [2.45, 2.75) is 26.0 Å². The summed E-state index contributed by atoms with van der Waals surface area (Å²) in [5, 5.41) is 3.36. The Bertz CT molecular complexity index is 572. The molecule has 0 aliphatic heterocycles. The van der Waals surface area contributed by atoms with Crippen LogP contribution < -0.4 is 10.1 Å². The van der Waals surface area contributed by atoms with Crippen molar-refractivity contribution in [1.29, 1.82) is 0 Å². The summed E-state index contributed by atoms with van der Waals surface area (Å²) in [6.07, 6.45) is 3.79. The van der Waals surface area contributed by atoms with Gasteiger partial charge in [0.2, 0.25) is 0 Å². The standard InChI is InChI=1S/C16H19IN2O/c1-11(2)20-13-8-12(9-19-10-13)16(18-3)14-6-4-5-7-15(14)17/h4-11,16,18H,1-3H3. The van der Waals surface area contributed by atoms with Crippen molar-refractivity contribution in [2.24, 2.45) is 0 Å². The van der Waals surface area contributed by atoms with Crippen LogP contribution in [0.4, 0.5) is 0 Å². The van der Waals surface area contributed by atoms with E-state index in [0.29, 0.717) is 0 Å². The van der Waals surface area contributed by atoms with Gasteiger partial charge in [0.1, 0.15) is 5.75 Å². The third-order valence-corrected chi connectivity index (χ3v) is 3.93. The van der Waals surface area contributed by atoms with E-state index in [1.807, 2.05) is 27.1 Å². The van der Waals surface area contributed by atoms with Gasteiger partial charge in [0, 0.05) is 9.77 Å². The van der Waals surface area contributed by atoms with Crippen LogP contribution in [0, 0.1) is 3.57 Å². The maximum atomic E-state index is 5.72. The van der Waals surface area contributed by atoms with E-state index in [1.165, 1.54) is 9.13 Å². The summed E-state index contributed by atoms with van der Waals surface area (Å²) < 4.78 is 6.96. The molecule has 4 heteroatoms. The molecule has 0 aliphatic carbocycles. The lowest BCUT2D eigenvalue weighted by Crippen LogP contribution is -2.19. The minimum absolute atomic E-state index is 0.117. The largest absolute Gasteiger partial charge is 0.489 e. The van der Waals surface area contributed by atoms with Gasteiger partial charge in [-0.05, 0) is 66.7 Å². The molecule has 0 spiro atoms. The van der Waals surface area contributed by atoms with Crippen molar-refractivity contribution in [3.63, 3.8) is 0 Å². The average molecular weight is 382 g/mol. The number of nitrogens with one attached hydrogen (secondary N) is 1. The Labute approximate surface area is 133 Å². The van der Waals surface area contributed by atoms with Gasteiger partial charge in [0.05, 0.1) is 18.3 Å². The fourth-order valence-corrected chi connectivity index (χ4v) is 2.84. The van der Waals surface area contributed by atoms with Crippen molar-refractivity contribution >= 4 is 22.6 Å². The zero-order valence-electron chi connectivity index (χ0n) is 11.9. The lowest BCUT2D eigenvalue weighted by atomic mass is 10.0. The lowest BCUT2D eigenvalue weighted by molar-refractivity contribution is 0.241. The van der Waals surface area contributed by atoms with Crippen LogP contribution in [0.5, 0.6) is 5.75 Å². The van der Waals surface area contributed by atoms with E-state index in [2.05, 4.69) is 63.2 Å². The van der Waals surface area contributed by atoms with Crippen molar-refractivity contribution < 1.29 is 4.74 Å². The molecule has 2 rings (SSSR count). The van der Waals surface area contributed by atoms with Crippen molar-refractivity contribution in [2.75, 3.05) is 7.05 Å². The molecule has 0 aliphatic rings. The van der Waals surface area contributed by atoms with Gasteiger partial charge in [0.15, 0.2) is 0 Å². The Morgan fingerprint density at radius 2 is 1.95 bits per heavy atom. The fourth-order valence-electron chi connectivity index (χ4n) is 2.14. The van der Waals surface area contributed by atoms with Gasteiger partial charge in [-0.3, -0.25) is 4.98 Å². The number of rotatable bonds is 5. The van der Waals surface area contributed by atoms with E-state index in [-0.39, 0.29) is 12.1 Å². The average Bonchev–Trinajstić information content (AvgIpc) is 2.41. The first-order valence-corrected chi connectivity index (χ1v) is 7.73. The van der Waals surface area contributed by atoms with Crippen molar-refractivity contribution in [1.82, 2.24) is 10.3 Å². The summed E-state index contributed by atoms with van der Waals surface area (Å²) in [6, 6.07) is 10.5. The second-order valence-corrected chi connectivity index (χ2v) is 6.03. The maximum absolute atomic E-state index is 5.72. The highest BCUT2D eigenvalue weighted by Crippen LogP contribution is 2.27. The molecule has 1 aromatic carbocycles. The van der Waals surface area contributed by atoms with E-state index < -0.39 is 0 Å². The van der Waals surface area contributed by atoms with Crippen LogP contribution in [0.3, 0.4) is 0 Å². The third-order valence-electron chi connectivity index (χ3n) is 2.94.